The highest BCUT2D eigenvalue weighted by Crippen LogP contribution is 2.25. The first-order chi connectivity index (χ1) is 14.2. The van der Waals surface area contributed by atoms with Crippen LogP contribution < -0.4 is 15.0 Å². The number of carbonyl (C=O) groups excluding carboxylic acids is 1. The second-order valence-electron chi connectivity index (χ2n) is 6.74. The fourth-order valence-electron chi connectivity index (χ4n) is 3.36. The molecule has 1 aliphatic rings. The van der Waals surface area contributed by atoms with Crippen molar-refractivity contribution < 1.29 is 9.53 Å². The Kier molecular flexibility index (Phi) is 5.56. The minimum Gasteiger partial charge on any atom is -0.495 e. The van der Waals surface area contributed by atoms with Gasteiger partial charge in [0, 0.05) is 44.3 Å². The minimum atomic E-state index is -0.0402. The molecule has 0 bridgehead atoms. The van der Waals surface area contributed by atoms with Gasteiger partial charge in [-0.05, 0) is 24.3 Å². The smallest absolute Gasteiger partial charge is 0.257 e. The van der Waals surface area contributed by atoms with Crippen LogP contribution in [0.15, 0.2) is 67.0 Å². The van der Waals surface area contributed by atoms with Crippen LogP contribution in [0.4, 0.5) is 17.3 Å². The van der Waals surface area contributed by atoms with E-state index in [4.69, 9.17) is 4.74 Å². The Morgan fingerprint density at radius 3 is 2.28 bits per heavy atom. The van der Waals surface area contributed by atoms with Gasteiger partial charge in [-0.2, -0.15) is 0 Å². The van der Waals surface area contributed by atoms with Crippen LogP contribution in [0, 0.1) is 0 Å². The van der Waals surface area contributed by atoms with E-state index in [0.29, 0.717) is 30.4 Å². The van der Waals surface area contributed by atoms with Crippen molar-refractivity contribution in [3.63, 3.8) is 0 Å². The van der Waals surface area contributed by atoms with Crippen LogP contribution in [0.3, 0.4) is 0 Å². The molecule has 4 rings (SSSR count). The van der Waals surface area contributed by atoms with Crippen molar-refractivity contribution in [1.29, 1.82) is 0 Å². The van der Waals surface area contributed by atoms with Gasteiger partial charge in [0.15, 0.2) is 0 Å². The van der Waals surface area contributed by atoms with Crippen molar-refractivity contribution in [3.05, 3.63) is 72.6 Å². The van der Waals surface area contributed by atoms with Crippen molar-refractivity contribution in [2.24, 2.45) is 0 Å². The van der Waals surface area contributed by atoms with Crippen molar-refractivity contribution in [2.45, 2.75) is 0 Å². The molecular weight excluding hydrogens is 366 g/mol. The first-order valence-electron chi connectivity index (χ1n) is 9.56. The van der Waals surface area contributed by atoms with Gasteiger partial charge in [-0.3, -0.25) is 4.79 Å². The van der Waals surface area contributed by atoms with E-state index in [1.807, 2.05) is 47.4 Å². The molecule has 1 amide bonds. The zero-order chi connectivity index (χ0) is 20.1. The van der Waals surface area contributed by atoms with Gasteiger partial charge in [-0.15, -0.1) is 0 Å². The summed E-state index contributed by atoms with van der Waals surface area (Å²) in [6.45, 7) is 2.97. The fourth-order valence-corrected chi connectivity index (χ4v) is 3.36. The van der Waals surface area contributed by atoms with E-state index in [0.717, 1.165) is 18.8 Å². The number of ether oxygens (including phenoxy) is 1. The zero-order valence-corrected chi connectivity index (χ0v) is 16.3. The Hall–Kier alpha value is -3.61. The summed E-state index contributed by atoms with van der Waals surface area (Å²) in [5.74, 6) is 1.08. The third-order valence-electron chi connectivity index (χ3n) is 4.94. The van der Waals surface area contributed by atoms with Crippen molar-refractivity contribution in [3.8, 4) is 5.75 Å². The Morgan fingerprint density at radius 2 is 1.59 bits per heavy atom. The van der Waals surface area contributed by atoms with Crippen LogP contribution in [0.2, 0.25) is 0 Å². The van der Waals surface area contributed by atoms with Gasteiger partial charge in [0.05, 0.1) is 18.4 Å². The number of hydrogen-bond donors (Lipinski definition) is 1. The van der Waals surface area contributed by atoms with Crippen LogP contribution in [0.25, 0.3) is 0 Å². The van der Waals surface area contributed by atoms with Gasteiger partial charge in [0.25, 0.3) is 5.91 Å². The quantitative estimate of drug-likeness (QED) is 0.723. The first-order valence-corrected chi connectivity index (χ1v) is 9.56. The van der Waals surface area contributed by atoms with E-state index in [1.54, 1.807) is 19.5 Å². The highest BCUT2D eigenvalue weighted by Gasteiger charge is 2.22. The van der Waals surface area contributed by atoms with Gasteiger partial charge in [-0.1, -0.05) is 30.3 Å². The van der Waals surface area contributed by atoms with E-state index >= 15 is 0 Å². The second kappa shape index (κ2) is 8.60. The molecule has 0 aliphatic carbocycles. The minimum absolute atomic E-state index is 0.0402. The molecule has 1 fully saturated rings. The molecule has 1 saturated heterocycles. The van der Waals surface area contributed by atoms with Crippen molar-refractivity contribution >= 4 is 23.2 Å². The predicted octanol–water partition coefficient (Wildman–Crippen LogP) is 3.19. The maximum Gasteiger partial charge on any atom is 0.257 e. The lowest BCUT2D eigenvalue weighted by Crippen LogP contribution is -2.48. The molecule has 29 heavy (non-hydrogen) atoms. The highest BCUT2D eigenvalue weighted by molar-refractivity contribution is 5.94. The summed E-state index contributed by atoms with van der Waals surface area (Å²) in [6, 6.07) is 17.8. The lowest BCUT2D eigenvalue weighted by Gasteiger charge is -2.36. The average Bonchev–Trinajstić information content (AvgIpc) is 2.80. The third kappa shape index (κ3) is 4.29. The number of anilines is 3. The van der Waals surface area contributed by atoms with Gasteiger partial charge in [0.2, 0.25) is 5.95 Å². The number of aromatic nitrogens is 2. The summed E-state index contributed by atoms with van der Waals surface area (Å²) in [4.78, 5) is 25.5. The number of rotatable bonds is 5. The number of para-hydroxylation sites is 3. The molecule has 7 heteroatoms. The Balaban J connectivity index is 1.37. The number of piperazine rings is 1. The summed E-state index contributed by atoms with van der Waals surface area (Å²) in [6.07, 6.45) is 3.13. The number of nitrogens with one attached hydrogen (secondary N) is 1. The Labute approximate surface area is 170 Å². The molecule has 1 aliphatic heterocycles. The third-order valence-corrected chi connectivity index (χ3v) is 4.94. The molecule has 0 atom stereocenters. The lowest BCUT2D eigenvalue weighted by molar-refractivity contribution is 0.0746. The topological polar surface area (TPSA) is 70.6 Å². The van der Waals surface area contributed by atoms with E-state index in [1.165, 1.54) is 5.69 Å². The second-order valence-corrected chi connectivity index (χ2v) is 6.74. The molecule has 7 nitrogen and oxygen atoms in total. The number of carbonyl (C=O) groups is 1. The zero-order valence-electron chi connectivity index (χ0n) is 16.3. The maximum absolute atomic E-state index is 12.8. The lowest BCUT2D eigenvalue weighted by atomic mass is 10.2. The standard InChI is InChI=1S/C22H23N5O2/c1-29-20-10-6-5-9-19(20)25-22-23-15-17(16-24-22)21(28)27-13-11-26(12-14-27)18-7-3-2-4-8-18/h2-10,15-16H,11-14H2,1H3,(H,23,24,25). The summed E-state index contributed by atoms with van der Waals surface area (Å²) >= 11 is 0. The number of benzene rings is 2. The molecule has 0 radical (unpaired) electrons. The van der Waals surface area contributed by atoms with Gasteiger partial charge < -0.3 is 19.9 Å². The van der Waals surface area contributed by atoms with E-state index < -0.39 is 0 Å². The van der Waals surface area contributed by atoms with Gasteiger partial charge in [0.1, 0.15) is 5.75 Å². The highest BCUT2D eigenvalue weighted by atomic mass is 16.5. The molecular formula is C22H23N5O2. The van der Waals surface area contributed by atoms with Crippen LogP contribution in [-0.4, -0.2) is 54.1 Å². The van der Waals surface area contributed by atoms with E-state index in [-0.39, 0.29) is 5.91 Å². The van der Waals surface area contributed by atoms with E-state index in [2.05, 4.69) is 32.3 Å². The number of nitrogens with zero attached hydrogens (tertiary/aromatic N) is 4. The first kappa shape index (κ1) is 18.7. The number of amides is 1. The molecule has 2 aromatic carbocycles. The molecule has 3 aromatic rings. The molecule has 0 unspecified atom stereocenters. The molecule has 2 heterocycles. The molecule has 1 aromatic heterocycles. The summed E-state index contributed by atoms with van der Waals surface area (Å²) in [7, 11) is 1.61. The van der Waals surface area contributed by atoms with Crippen molar-refractivity contribution in [1.82, 2.24) is 14.9 Å². The maximum atomic E-state index is 12.8. The van der Waals surface area contributed by atoms with Gasteiger partial charge >= 0.3 is 0 Å². The summed E-state index contributed by atoms with van der Waals surface area (Å²) < 4.78 is 5.32. The monoisotopic (exact) mass is 389 g/mol. The predicted molar refractivity (Wildman–Crippen MR) is 113 cm³/mol. The normalized spacial score (nSPS) is 13.8. The molecule has 0 saturated carbocycles. The Morgan fingerprint density at radius 1 is 0.931 bits per heavy atom. The van der Waals surface area contributed by atoms with Crippen molar-refractivity contribution in [2.75, 3.05) is 43.5 Å². The molecule has 0 spiro atoms. The SMILES string of the molecule is COc1ccccc1Nc1ncc(C(=O)N2CCN(c3ccccc3)CC2)cn1. The van der Waals surface area contributed by atoms with Gasteiger partial charge in [-0.25, -0.2) is 9.97 Å². The van der Waals surface area contributed by atoms with E-state index in [9.17, 15) is 4.79 Å². The number of methoxy groups -OCH3 is 1. The average molecular weight is 389 g/mol. The Bertz CT molecular complexity index is 954. The van der Waals surface area contributed by atoms with Crippen LogP contribution in [0.5, 0.6) is 5.75 Å². The molecule has 148 valence electrons. The summed E-state index contributed by atoms with van der Waals surface area (Å²) in [5, 5.41) is 3.11. The molecule has 1 N–H and O–H groups in total. The van der Waals surface area contributed by atoms with Crippen LogP contribution >= 0.6 is 0 Å². The van der Waals surface area contributed by atoms with Crippen LogP contribution in [0.1, 0.15) is 10.4 Å². The largest absolute Gasteiger partial charge is 0.495 e. The summed E-state index contributed by atoms with van der Waals surface area (Å²) in [5.41, 5.74) is 2.45. The fraction of sp³-hybridized carbons (Fsp3) is 0.227. The van der Waals surface area contributed by atoms with Crippen LogP contribution in [-0.2, 0) is 0 Å². The number of hydrogen-bond acceptors (Lipinski definition) is 6.